The third-order valence-corrected chi connectivity index (χ3v) is 6.14. The van der Waals surface area contributed by atoms with Crippen LogP contribution in [0.1, 0.15) is 27.8 Å². The van der Waals surface area contributed by atoms with E-state index < -0.39 is 37.1 Å². The smallest absolute Gasteiger partial charge is 0.145 e. The molecule has 1 aromatic carbocycles. The predicted molar refractivity (Wildman–Crippen MR) is 106 cm³/mol. The monoisotopic (exact) mass is 428 g/mol. The van der Waals surface area contributed by atoms with E-state index in [1.807, 2.05) is 6.07 Å². The molecule has 0 saturated carbocycles. The van der Waals surface area contributed by atoms with E-state index in [2.05, 4.69) is 11.1 Å². The molecule has 3 heterocycles. The van der Waals surface area contributed by atoms with Crippen LogP contribution in [0.5, 0.6) is 0 Å². The number of nitrogens with zero attached hydrogens (tertiary/aromatic N) is 2. The van der Waals surface area contributed by atoms with Crippen LogP contribution in [-0.4, -0.2) is 56.4 Å². The van der Waals surface area contributed by atoms with Crippen LogP contribution in [-0.2, 0) is 11.2 Å². The van der Waals surface area contributed by atoms with Crippen LogP contribution in [0.4, 0.5) is 0 Å². The molecule has 3 aromatic rings. The molecule has 0 unspecified atom stereocenters. The van der Waals surface area contributed by atoms with Crippen molar-refractivity contribution in [2.24, 2.45) is 0 Å². The van der Waals surface area contributed by atoms with Gasteiger partial charge in [0.05, 0.1) is 34.4 Å². The van der Waals surface area contributed by atoms with E-state index in [-0.39, 0.29) is 0 Å². The number of hydrogen-bond acceptors (Lipinski definition) is 9. The van der Waals surface area contributed by atoms with Crippen molar-refractivity contribution >= 4 is 11.3 Å². The fraction of sp³-hybridized carbons (Fsp3) is 0.333. The summed E-state index contributed by atoms with van der Waals surface area (Å²) in [7, 11) is 0. The summed E-state index contributed by atoms with van der Waals surface area (Å²) in [6.45, 7) is -0.501. The summed E-state index contributed by atoms with van der Waals surface area (Å²) in [4.78, 5) is 5.28. The molecule has 0 spiro atoms. The fourth-order valence-corrected chi connectivity index (χ4v) is 4.42. The molecular formula is C21H20N2O6S. The Hall–Kier alpha value is -2.58. The van der Waals surface area contributed by atoms with Gasteiger partial charge in [0, 0.05) is 12.6 Å². The highest BCUT2D eigenvalue weighted by molar-refractivity contribution is 7.15. The molecule has 156 valence electrons. The molecule has 4 N–H and O–H groups in total. The van der Waals surface area contributed by atoms with Gasteiger partial charge in [0.2, 0.25) is 0 Å². The van der Waals surface area contributed by atoms with Crippen LogP contribution in [0.3, 0.4) is 0 Å². The second-order valence-corrected chi connectivity index (χ2v) is 8.17. The maximum absolute atomic E-state index is 10.4. The average Bonchev–Trinajstić information content (AvgIpc) is 3.44. The van der Waals surface area contributed by atoms with Crippen LogP contribution >= 0.6 is 11.3 Å². The van der Waals surface area contributed by atoms with Crippen LogP contribution in [0, 0.1) is 11.3 Å². The van der Waals surface area contributed by atoms with Gasteiger partial charge in [-0.25, -0.2) is 4.98 Å². The van der Waals surface area contributed by atoms with Crippen molar-refractivity contribution in [3.63, 3.8) is 0 Å². The third kappa shape index (κ3) is 3.89. The minimum atomic E-state index is -1.46. The molecule has 8 nitrogen and oxygen atoms in total. The third-order valence-electron chi connectivity index (χ3n) is 5.13. The highest BCUT2D eigenvalue weighted by Gasteiger charge is 2.44. The molecule has 0 radical (unpaired) electrons. The first kappa shape index (κ1) is 20.7. The van der Waals surface area contributed by atoms with E-state index in [9.17, 15) is 25.7 Å². The number of hydrogen-bond donors (Lipinski definition) is 4. The zero-order chi connectivity index (χ0) is 21.3. The summed E-state index contributed by atoms with van der Waals surface area (Å²) in [5.74, 6) is 0.717. The number of rotatable bonds is 5. The summed E-state index contributed by atoms with van der Waals surface area (Å²) in [6.07, 6.45) is -2.53. The van der Waals surface area contributed by atoms with Crippen molar-refractivity contribution in [1.29, 1.82) is 5.26 Å². The first-order chi connectivity index (χ1) is 14.5. The van der Waals surface area contributed by atoms with E-state index >= 15 is 0 Å². The summed E-state index contributed by atoms with van der Waals surface area (Å²) in [5.41, 5.74) is 1.68. The zero-order valence-electron chi connectivity index (χ0n) is 15.8. The standard InChI is InChI=1S/C21H20N2O6S/c22-8-12-4-3-11(21-20(27)19(26)18(25)15(10-24)29-21)6-13(12)7-17-23-9-16(30-17)14-2-1-5-28-14/h1-6,9,15,18-21,24-27H,7,10H2/t15-,18+,19+,20-,21-/m1/s1. The minimum Gasteiger partial charge on any atom is -0.463 e. The van der Waals surface area contributed by atoms with Gasteiger partial charge in [0.25, 0.3) is 0 Å². The molecule has 0 bridgehead atoms. The van der Waals surface area contributed by atoms with Gasteiger partial charge in [-0.05, 0) is 29.3 Å². The quantitative estimate of drug-likeness (QED) is 0.478. The van der Waals surface area contributed by atoms with Gasteiger partial charge >= 0.3 is 0 Å². The van der Waals surface area contributed by atoms with Crippen LogP contribution in [0.25, 0.3) is 10.6 Å². The van der Waals surface area contributed by atoms with Gasteiger partial charge in [-0.15, -0.1) is 11.3 Å². The molecule has 0 amide bonds. The Balaban J connectivity index is 1.62. The summed E-state index contributed by atoms with van der Waals surface area (Å²) >= 11 is 1.45. The Bertz CT molecular complexity index is 1040. The van der Waals surface area contributed by atoms with Gasteiger partial charge in [-0.3, -0.25) is 0 Å². The second-order valence-electron chi connectivity index (χ2n) is 7.05. The Morgan fingerprint density at radius 2 is 1.97 bits per heavy atom. The van der Waals surface area contributed by atoms with Crippen LogP contribution in [0.15, 0.2) is 47.2 Å². The lowest BCUT2D eigenvalue weighted by atomic mass is 9.89. The van der Waals surface area contributed by atoms with Crippen molar-refractivity contribution in [1.82, 2.24) is 4.98 Å². The van der Waals surface area contributed by atoms with Crippen molar-refractivity contribution in [2.75, 3.05) is 6.61 Å². The number of thiazole rings is 1. The lowest BCUT2D eigenvalue weighted by molar-refractivity contribution is -0.231. The highest BCUT2D eigenvalue weighted by atomic mass is 32.1. The first-order valence-electron chi connectivity index (χ1n) is 9.34. The minimum absolute atomic E-state index is 0.388. The topological polar surface area (TPSA) is 140 Å². The average molecular weight is 428 g/mol. The molecule has 30 heavy (non-hydrogen) atoms. The Morgan fingerprint density at radius 1 is 1.13 bits per heavy atom. The van der Waals surface area contributed by atoms with E-state index in [0.29, 0.717) is 28.9 Å². The maximum Gasteiger partial charge on any atom is 0.145 e. The number of benzene rings is 1. The molecule has 0 aliphatic carbocycles. The largest absolute Gasteiger partial charge is 0.463 e. The number of nitriles is 1. The molecule has 4 rings (SSSR count). The molecule has 1 aliphatic rings. The summed E-state index contributed by atoms with van der Waals surface area (Å²) in [5, 5.41) is 50.1. The lowest BCUT2D eigenvalue weighted by Gasteiger charge is -2.40. The van der Waals surface area contributed by atoms with Gasteiger partial charge in [0.15, 0.2) is 0 Å². The van der Waals surface area contributed by atoms with Crippen molar-refractivity contribution in [3.8, 4) is 16.7 Å². The Morgan fingerprint density at radius 3 is 2.67 bits per heavy atom. The number of ether oxygens (including phenoxy) is 1. The summed E-state index contributed by atoms with van der Waals surface area (Å²) in [6, 6.07) is 10.8. The van der Waals surface area contributed by atoms with Gasteiger partial charge in [-0.2, -0.15) is 5.26 Å². The highest BCUT2D eigenvalue weighted by Crippen LogP contribution is 2.34. The van der Waals surface area contributed by atoms with Crippen LogP contribution < -0.4 is 0 Å². The second kappa shape index (κ2) is 8.65. The first-order valence-corrected chi connectivity index (χ1v) is 10.2. The zero-order valence-corrected chi connectivity index (χ0v) is 16.6. The molecule has 1 fully saturated rings. The van der Waals surface area contributed by atoms with Crippen molar-refractivity contribution in [3.05, 3.63) is 64.5 Å². The van der Waals surface area contributed by atoms with E-state index in [0.717, 1.165) is 9.88 Å². The normalized spacial score (nSPS) is 26.4. The van der Waals surface area contributed by atoms with Crippen molar-refractivity contribution < 1.29 is 29.6 Å². The number of aliphatic hydroxyl groups is 4. The van der Waals surface area contributed by atoms with Gasteiger partial charge in [-0.1, -0.05) is 12.1 Å². The van der Waals surface area contributed by atoms with Gasteiger partial charge < -0.3 is 29.6 Å². The maximum atomic E-state index is 10.4. The number of furan rings is 1. The van der Waals surface area contributed by atoms with Gasteiger partial charge in [0.1, 0.15) is 36.3 Å². The fourth-order valence-electron chi connectivity index (χ4n) is 3.51. The van der Waals surface area contributed by atoms with E-state index in [1.54, 1.807) is 36.7 Å². The molecular weight excluding hydrogens is 408 g/mol. The SMILES string of the molecule is N#Cc1ccc([C@H]2O[C@H](CO)[C@H](O)[C@H](O)[C@H]2O)cc1Cc1ncc(-c2ccco2)s1. The van der Waals surface area contributed by atoms with E-state index in [4.69, 9.17) is 9.15 Å². The summed E-state index contributed by atoms with van der Waals surface area (Å²) < 4.78 is 11.0. The molecule has 1 saturated heterocycles. The molecule has 5 atom stereocenters. The van der Waals surface area contributed by atoms with Crippen molar-refractivity contribution in [2.45, 2.75) is 36.9 Å². The lowest BCUT2D eigenvalue weighted by Crippen LogP contribution is -2.55. The molecule has 1 aliphatic heterocycles. The number of aliphatic hydroxyl groups excluding tert-OH is 4. The predicted octanol–water partition coefficient (Wildman–Crippen LogP) is 1.38. The van der Waals surface area contributed by atoms with E-state index in [1.165, 1.54) is 11.3 Å². The molecule has 2 aromatic heterocycles. The number of aromatic nitrogens is 1. The Labute approximate surface area is 176 Å². The Kier molecular flexibility index (Phi) is 5.97. The van der Waals surface area contributed by atoms with Crippen LogP contribution in [0.2, 0.25) is 0 Å². The molecule has 9 heteroatoms.